The van der Waals surface area contributed by atoms with Gasteiger partial charge >= 0.3 is 0 Å². The van der Waals surface area contributed by atoms with Crippen molar-refractivity contribution in [1.82, 2.24) is 14.3 Å². The monoisotopic (exact) mass is 528 g/mol. The highest BCUT2D eigenvalue weighted by Crippen LogP contribution is 2.31. The molecule has 1 saturated heterocycles. The maximum atomic E-state index is 13.0. The quantitative estimate of drug-likeness (QED) is 0.479. The number of aromatic amines is 1. The number of aromatic nitrogens is 2. The molecule has 0 aliphatic carbocycles. The third-order valence-corrected chi connectivity index (χ3v) is 8.69. The molecule has 0 saturated carbocycles. The fraction of sp³-hybridized carbons (Fsp3) is 0.346. The van der Waals surface area contributed by atoms with Gasteiger partial charge in [0, 0.05) is 35.7 Å². The molecule has 0 unspecified atom stereocenters. The van der Waals surface area contributed by atoms with Crippen LogP contribution in [-0.2, 0) is 21.2 Å². The maximum absolute atomic E-state index is 13.0. The van der Waals surface area contributed by atoms with E-state index in [4.69, 9.17) is 17.3 Å². The Morgan fingerprint density at radius 1 is 1.08 bits per heavy atom. The van der Waals surface area contributed by atoms with E-state index in [0.717, 1.165) is 24.8 Å². The van der Waals surface area contributed by atoms with E-state index in [1.54, 1.807) is 56.3 Å². The first-order valence-electron chi connectivity index (χ1n) is 11.8. The Labute approximate surface area is 215 Å². The van der Waals surface area contributed by atoms with E-state index in [-0.39, 0.29) is 16.3 Å². The first-order valence-corrected chi connectivity index (χ1v) is 13.6. The fourth-order valence-electron chi connectivity index (χ4n) is 4.25. The van der Waals surface area contributed by atoms with Crippen LogP contribution in [0, 0.1) is 5.41 Å². The van der Waals surface area contributed by atoms with Crippen molar-refractivity contribution in [1.29, 1.82) is 0 Å². The maximum Gasteiger partial charge on any atom is 0.251 e. The Bertz CT molecular complexity index is 1440. The lowest BCUT2D eigenvalue weighted by Crippen LogP contribution is -2.35. The first-order chi connectivity index (χ1) is 17.0. The molecule has 36 heavy (non-hydrogen) atoms. The van der Waals surface area contributed by atoms with Crippen LogP contribution < -0.4 is 11.3 Å². The molecule has 1 amide bonds. The second-order valence-corrected chi connectivity index (χ2v) is 12.1. The Hall–Kier alpha value is -3.01. The smallest absolute Gasteiger partial charge is 0.251 e. The van der Waals surface area contributed by atoms with E-state index >= 15 is 0 Å². The predicted octanol–water partition coefficient (Wildman–Crippen LogP) is 3.99. The Morgan fingerprint density at radius 3 is 2.39 bits per heavy atom. The van der Waals surface area contributed by atoms with E-state index in [0.29, 0.717) is 41.4 Å². The standard InChI is InChI=1S/C26H29ClN4O4S/c1-26(2,25(28)33)16-17-6-11-21(27)20(14-17)24-29-22(15-23(32)30-24)18-7-9-19(10-8-18)36(34,35)31-12-4-3-5-13-31/h6-11,14-15H,3-5,12-13,16H2,1-2H3,(H2,28,33)(H,29,30,32). The van der Waals surface area contributed by atoms with Crippen LogP contribution in [0.3, 0.4) is 0 Å². The van der Waals surface area contributed by atoms with Gasteiger partial charge in [-0.05, 0) is 49.1 Å². The Balaban J connectivity index is 1.66. The first kappa shape index (κ1) is 26.1. The minimum absolute atomic E-state index is 0.214. The summed E-state index contributed by atoms with van der Waals surface area (Å²) in [5.74, 6) is -0.149. The van der Waals surface area contributed by atoms with E-state index in [1.807, 2.05) is 0 Å². The number of carbonyl (C=O) groups excluding carboxylic acids is 1. The molecule has 4 rings (SSSR count). The average Bonchev–Trinajstić information content (AvgIpc) is 2.85. The number of nitrogens with zero attached hydrogens (tertiary/aromatic N) is 2. The van der Waals surface area contributed by atoms with Crippen molar-refractivity contribution in [3.63, 3.8) is 0 Å². The lowest BCUT2D eigenvalue weighted by Gasteiger charge is -2.25. The summed E-state index contributed by atoms with van der Waals surface area (Å²) in [4.78, 5) is 31.8. The van der Waals surface area contributed by atoms with Gasteiger partial charge in [0.2, 0.25) is 15.9 Å². The molecule has 1 aromatic heterocycles. The van der Waals surface area contributed by atoms with Gasteiger partial charge in [-0.15, -0.1) is 0 Å². The average molecular weight is 529 g/mol. The predicted molar refractivity (Wildman–Crippen MR) is 140 cm³/mol. The second-order valence-electron chi connectivity index (χ2n) is 9.71. The van der Waals surface area contributed by atoms with Crippen LogP contribution in [0.5, 0.6) is 0 Å². The van der Waals surface area contributed by atoms with Crippen LogP contribution in [0.1, 0.15) is 38.7 Å². The minimum Gasteiger partial charge on any atom is -0.369 e. The van der Waals surface area contributed by atoms with Gasteiger partial charge in [0.1, 0.15) is 5.82 Å². The molecule has 1 fully saturated rings. The third kappa shape index (κ3) is 5.53. The Morgan fingerprint density at radius 2 is 1.75 bits per heavy atom. The molecule has 2 heterocycles. The molecule has 1 aliphatic heterocycles. The molecule has 190 valence electrons. The molecule has 3 N–H and O–H groups in total. The van der Waals surface area contributed by atoms with Crippen LogP contribution in [0.2, 0.25) is 5.02 Å². The molecule has 8 nitrogen and oxygen atoms in total. The molecule has 0 bridgehead atoms. The van der Waals surface area contributed by atoms with Gasteiger partial charge in [-0.3, -0.25) is 9.59 Å². The van der Waals surface area contributed by atoms with Gasteiger partial charge in [-0.25, -0.2) is 13.4 Å². The van der Waals surface area contributed by atoms with Gasteiger partial charge in [0.05, 0.1) is 15.6 Å². The number of rotatable bonds is 7. The number of sulfonamides is 1. The molecule has 3 aromatic rings. The zero-order valence-electron chi connectivity index (χ0n) is 20.3. The van der Waals surface area contributed by atoms with Crippen molar-refractivity contribution in [2.24, 2.45) is 11.1 Å². The molecule has 0 radical (unpaired) electrons. The van der Waals surface area contributed by atoms with Crippen LogP contribution in [0.15, 0.2) is 58.2 Å². The van der Waals surface area contributed by atoms with Gasteiger partial charge in [0.25, 0.3) is 5.56 Å². The summed E-state index contributed by atoms with van der Waals surface area (Å²) in [7, 11) is -3.56. The highest BCUT2D eigenvalue weighted by Gasteiger charge is 2.27. The zero-order chi connectivity index (χ0) is 26.1. The number of hydrogen-bond acceptors (Lipinski definition) is 5. The molecule has 0 spiro atoms. The molecule has 10 heteroatoms. The lowest BCUT2D eigenvalue weighted by molar-refractivity contribution is -0.125. The van der Waals surface area contributed by atoms with Gasteiger partial charge < -0.3 is 10.7 Å². The van der Waals surface area contributed by atoms with Crippen molar-refractivity contribution in [3.8, 4) is 22.6 Å². The van der Waals surface area contributed by atoms with Crippen molar-refractivity contribution >= 4 is 27.5 Å². The van der Waals surface area contributed by atoms with E-state index in [2.05, 4.69) is 9.97 Å². The highest BCUT2D eigenvalue weighted by molar-refractivity contribution is 7.89. The topological polar surface area (TPSA) is 126 Å². The van der Waals surface area contributed by atoms with Crippen molar-refractivity contribution in [3.05, 3.63) is 69.5 Å². The summed E-state index contributed by atoms with van der Waals surface area (Å²) >= 11 is 6.43. The van der Waals surface area contributed by atoms with Crippen molar-refractivity contribution < 1.29 is 13.2 Å². The number of H-pyrrole nitrogens is 1. The normalized spacial score (nSPS) is 15.1. The van der Waals surface area contributed by atoms with Crippen LogP contribution >= 0.6 is 11.6 Å². The van der Waals surface area contributed by atoms with Gasteiger partial charge in [-0.2, -0.15) is 4.31 Å². The summed E-state index contributed by atoms with van der Waals surface area (Å²) in [6.45, 7) is 4.58. The molecule has 2 aromatic carbocycles. The van der Waals surface area contributed by atoms with Crippen molar-refractivity contribution in [2.45, 2.75) is 44.4 Å². The number of piperidine rings is 1. The second kappa shape index (κ2) is 10.2. The largest absolute Gasteiger partial charge is 0.369 e. The van der Waals surface area contributed by atoms with Crippen LogP contribution in [0.25, 0.3) is 22.6 Å². The van der Waals surface area contributed by atoms with E-state index in [9.17, 15) is 18.0 Å². The number of amides is 1. The summed E-state index contributed by atoms with van der Waals surface area (Å²) in [6.07, 6.45) is 3.15. The number of nitrogens with two attached hydrogens (primary N) is 1. The number of hydrogen-bond donors (Lipinski definition) is 2. The van der Waals surface area contributed by atoms with Crippen LogP contribution in [-0.4, -0.2) is 41.7 Å². The van der Waals surface area contributed by atoms with E-state index in [1.165, 1.54) is 10.4 Å². The summed E-state index contributed by atoms with van der Waals surface area (Å²) in [5.41, 5.74) is 6.69. The van der Waals surface area contributed by atoms with Crippen molar-refractivity contribution in [2.75, 3.05) is 13.1 Å². The zero-order valence-corrected chi connectivity index (χ0v) is 21.8. The number of nitrogens with one attached hydrogen (secondary N) is 1. The van der Waals surface area contributed by atoms with Crippen LogP contribution in [0.4, 0.5) is 0 Å². The van der Waals surface area contributed by atoms with Gasteiger partial charge in [0.15, 0.2) is 0 Å². The van der Waals surface area contributed by atoms with Gasteiger partial charge in [-0.1, -0.05) is 50.1 Å². The summed E-state index contributed by atoms with van der Waals surface area (Å²) in [5, 5.41) is 0.388. The summed E-state index contributed by atoms with van der Waals surface area (Å²) < 4.78 is 27.4. The number of primary amides is 1. The molecule has 1 aliphatic rings. The number of carbonyl (C=O) groups is 1. The third-order valence-electron chi connectivity index (χ3n) is 6.44. The van der Waals surface area contributed by atoms with E-state index < -0.39 is 21.3 Å². The molecular weight excluding hydrogens is 500 g/mol. The molecular formula is C26H29ClN4O4S. The molecule has 0 atom stereocenters. The highest BCUT2D eigenvalue weighted by atomic mass is 35.5. The summed E-state index contributed by atoms with van der Waals surface area (Å²) in [6, 6.07) is 13.0. The lowest BCUT2D eigenvalue weighted by atomic mass is 9.85. The Kier molecular flexibility index (Phi) is 7.36. The minimum atomic E-state index is -3.56. The SMILES string of the molecule is CC(C)(Cc1ccc(Cl)c(-c2nc(-c3ccc(S(=O)(=O)N4CCCCC4)cc3)cc(=O)[nH]2)c1)C(N)=O. The fourth-order valence-corrected chi connectivity index (χ4v) is 5.97. The number of benzene rings is 2. The number of halogens is 1.